The molecule has 24 heavy (non-hydrogen) atoms. The summed E-state index contributed by atoms with van der Waals surface area (Å²) in [4.78, 5) is 2.85. The number of allylic oxidation sites excluding steroid dienone is 1. The third-order valence-corrected chi connectivity index (χ3v) is 3.98. The van der Waals surface area contributed by atoms with Crippen molar-refractivity contribution in [3.8, 4) is 0 Å². The lowest BCUT2D eigenvalue weighted by Gasteiger charge is -2.25. The van der Waals surface area contributed by atoms with Crippen LogP contribution in [0.2, 0.25) is 0 Å². The molecule has 0 saturated carbocycles. The fourth-order valence-corrected chi connectivity index (χ4v) is 2.81. The minimum absolute atomic E-state index is 0.0994. The molecule has 0 atom stereocenters. The van der Waals surface area contributed by atoms with Crippen LogP contribution in [0.5, 0.6) is 0 Å². The molecule has 0 unspecified atom stereocenters. The lowest BCUT2D eigenvalue weighted by atomic mass is 10.2. The van der Waals surface area contributed by atoms with E-state index in [0.29, 0.717) is 11.4 Å². The molecule has 1 N–H and O–H groups in total. The zero-order chi connectivity index (χ0) is 16.7. The number of hydrogen-bond donors (Lipinski definition) is 1. The number of hydrogen-bond acceptors (Lipinski definition) is 3. The van der Waals surface area contributed by atoms with Gasteiger partial charge in [-0.25, -0.2) is 0 Å². The Morgan fingerprint density at radius 1 is 1.00 bits per heavy atom. The Bertz CT molecular complexity index is 899. The monoisotopic (exact) mass is 330 g/mol. The summed E-state index contributed by atoms with van der Waals surface area (Å²) in [5, 5.41) is 7.62. The highest BCUT2D eigenvalue weighted by Gasteiger charge is 2.42. The Morgan fingerprint density at radius 3 is 2.54 bits per heavy atom. The van der Waals surface area contributed by atoms with Gasteiger partial charge in [-0.1, -0.05) is 18.2 Å². The molecule has 4 nitrogen and oxygen atoms in total. The molecule has 3 aromatic rings. The Morgan fingerprint density at radius 2 is 1.79 bits per heavy atom. The van der Waals surface area contributed by atoms with Crippen LogP contribution in [-0.2, 0) is 0 Å². The van der Waals surface area contributed by atoms with E-state index in [4.69, 9.17) is 0 Å². The summed E-state index contributed by atoms with van der Waals surface area (Å²) in [6.07, 6.45) is -1.63. The zero-order valence-electron chi connectivity index (χ0n) is 12.5. The molecule has 1 aromatic heterocycles. The molecule has 4 rings (SSSR count). The van der Waals surface area contributed by atoms with Crippen LogP contribution in [-0.4, -0.2) is 23.0 Å². The number of alkyl halides is 3. The molecule has 2 heterocycles. The first kappa shape index (κ1) is 14.6. The number of aromatic amines is 1. The quantitative estimate of drug-likeness (QED) is 0.763. The van der Waals surface area contributed by atoms with Gasteiger partial charge in [0.15, 0.2) is 0 Å². The Kier molecular flexibility index (Phi) is 3.23. The fourth-order valence-electron chi connectivity index (χ4n) is 2.81. The van der Waals surface area contributed by atoms with Crippen LogP contribution in [0.15, 0.2) is 66.6 Å². The summed E-state index contributed by atoms with van der Waals surface area (Å²) < 4.78 is 40.3. The minimum Gasteiger partial charge on any atom is -0.327 e. The first-order valence-corrected chi connectivity index (χ1v) is 7.34. The first-order valence-electron chi connectivity index (χ1n) is 7.34. The molecular formula is C17H13F3N4. The van der Waals surface area contributed by atoms with Gasteiger partial charge in [-0.3, -0.25) is 5.10 Å². The van der Waals surface area contributed by atoms with Gasteiger partial charge in [0, 0.05) is 23.0 Å². The van der Waals surface area contributed by atoms with Crippen LogP contribution in [0.4, 0.5) is 24.5 Å². The largest absolute Gasteiger partial charge is 0.432 e. The fraction of sp³-hybridized carbons (Fsp3) is 0.118. The van der Waals surface area contributed by atoms with Crippen LogP contribution < -0.4 is 9.80 Å². The lowest BCUT2D eigenvalue weighted by molar-refractivity contribution is -0.0925. The smallest absolute Gasteiger partial charge is 0.327 e. The van der Waals surface area contributed by atoms with Crippen molar-refractivity contribution in [1.82, 2.24) is 10.2 Å². The first-order chi connectivity index (χ1) is 11.5. The maximum Gasteiger partial charge on any atom is 0.432 e. The predicted octanol–water partition coefficient (Wildman–Crippen LogP) is 4.25. The van der Waals surface area contributed by atoms with Crippen molar-refractivity contribution in [2.24, 2.45) is 0 Å². The van der Waals surface area contributed by atoms with Gasteiger partial charge in [0.2, 0.25) is 0 Å². The van der Waals surface area contributed by atoms with Crippen molar-refractivity contribution in [1.29, 1.82) is 0 Å². The van der Waals surface area contributed by atoms with E-state index in [1.165, 1.54) is 4.90 Å². The second-order valence-corrected chi connectivity index (χ2v) is 5.53. The summed E-state index contributed by atoms with van der Waals surface area (Å²) in [6.45, 7) is 0.0994. The van der Waals surface area contributed by atoms with Crippen molar-refractivity contribution >= 4 is 22.3 Å². The van der Waals surface area contributed by atoms with Crippen molar-refractivity contribution in [3.63, 3.8) is 0 Å². The van der Waals surface area contributed by atoms with E-state index in [1.54, 1.807) is 47.5 Å². The Balaban J connectivity index is 1.74. The van der Waals surface area contributed by atoms with E-state index in [2.05, 4.69) is 10.2 Å². The number of rotatable bonds is 2. The molecule has 0 saturated heterocycles. The lowest BCUT2D eigenvalue weighted by Crippen LogP contribution is -2.31. The summed E-state index contributed by atoms with van der Waals surface area (Å²) in [5.74, 6) is 0. The highest BCUT2D eigenvalue weighted by Crippen LogP contribution is 2.37. The zero-order valence-corrected chi connectivity index (χ0v) is 12.5. The number of H-pyrrole nitrogens is 1. The third kappa shape index (κ3) is 2.47. The molecule has 0 aliphatic carbocycles. The summed E-state index contributed by atoms with van der Waals surface area (Å²) in [5.41, 5.74) is 1.36. The molecule has 0 amide bonds. The maximum absolute atomic E-state index is 13.4. The number of aromatic nitrogens is 2. The minimum atomic E-state index is -4.43. The van der Waals surface area contributed by atoms with Crippen LogP contribution in [0.25, 0.3) is 10.9 Å². The highest BCUT2D eigenvalue weighted by atomic mass is 19.4. The van der Waals surface area contributed by atoms with E-state index in [0.717, 1.165) is 17.1 Å². The molecule has 0 radical (unpaired) electrons. The third-order valence-electron chi connectivity index (χ3n) is 3.98. The van der Waals surface area contributed by atoms with E-state index in [-0.39, 0.29) is 6.67 Å². The second kappa shape index (κ2) is 5.30. The van der Waals surface area contributed by atoms with E-state index >= 15 is 0 Å². The number of anilines is 2. The Labute approximate surface area is 135 Å². The van der Waals surface area contributed by atoms with Crippen LogP contribution in [0.3, 0.4) is 0 Å². The summed E-state index contributed by atoms with van der Waals surface area (Å²) in [6, 6.07) is 14.0. The number of nitrogens with one attached hydrogen (secondary N) is 1. The molecule has 7 heteroatoms. The van der Waals surface area contributed by atoms with E-state index < -0.39 is 11.9 Å². The van der Waals surface area contributed by atoms with Crippen LogP contribution in [0, 0.1) is 0 Å². The predicted molar refractivity (Wildman–Crippen MR) is 86.5 cm³/mol. The van der Waals surface area contributed by atoms with E-state index in [9.17, 15) is 13.2 Å². The van der Waals surface area contributed by atoms with Crippen LogP contribution >= 0.6 is 0 Å². The second-order valence-electron chi connectivity index (χ2n) is 5.53. The molecule has 1 aliphatic rings. The Hall–Kier alpha value is -2.96. The van der Waals surface area contributed by atoms with Crippen molar-refractivity contribution in [2.75, 3.05) is 16.5 Å². The maximum atomic E-state index is 13.4. The number of para-hydroxylation sites is 1. The molecule has 0 fully saturated rings. The van der Waals surface area contributed by atoms with Crippen molar-refractivity contribution < 1.29 is 13.2 Å². The van der Waals surface area contributed by atoms with Gasteiger partial charge in [-0.2, -0.15) is 18.3 Å². The topological polar surface area (TPSA) is 35.2 Å². The average Bonchev–Trinajstić information content (AvgIpc) is 3.21. The molecule has 1 aliphatic heterocycles. The molecule has 122 valence electrons. The van der Waals surface area contributed by atoms with Gasteiger partial charge in [-0.15, -0.1) is 0 Å². The summed E-state index contributed by atoms with van der Waals surface area (Å²) >= 11 is 0. The van der Waals surface area contributed by atoms with E-state index in [1.807, 2.05) is 12.1 Å². The van der Waals surface area contributed by atoms with Gasteiger partial charge >= 0.3 is 6.18 Å². The van der Waals surface area contributed by atoms with Gasteiger partial charge < -0.3 is 9.80 Å². The number of benzene rings is 2. The average molecular weight is 330 g/mol. The standard InChI is InChI=1S/C17H13F3N4/c18-17(19,20)16-10-23(11-24(16)13-4-2-1-3-5-13)14-6-7-15-12(8-14)9-21-22-15/h1-10H,11H2,(H,21,22). The number of fused-ring (bicyclic) bond motifs is 1. The molecule has 0 bridgehead atoms. The summed E-state index contributed by atoms with van der Waals surface area (Å²) in [7, 11) is 0. The van der Waals surface area contributed by atoms with Crippen LogP contribution in [0.1, 0.15) is 0 Å². The molecule has 0 spiro atoms. The van der Waals surface area contributed by atoms with Gasteiger partial charge in [0.1, 0.15) is 5.70 Å². The van der Waals surface area contributed by atoms with Gasteiger partial charge in [0.05, 0.1) is 18.4 Å². The number of halogens is 3. The van der Waals surface area contributed by atoms with Gasteiger partial charge in [0.25, 0.3) is 0 Å². The highest BCUT2D eigenvalue weighted by molar-refractivity contribution is 5.82. The normalized spacial score (nSPS) is 15.2. The molecule has 2 aromatic carbocycles. The van der Waals surface area contributed by atoms with Gasteiger partial charge in [-0.05, 0) is 30.3 Å². The SMILES string of the molecule is FC(F)(F)C1=CN(c2ccc3[nH]ncc3c2)CN1c1ccccc1. The number of nitrogens with zero attached hydrogens (tertiary/aromatic N) is 3. The van der Waals surface area contributed by atoms with Crippen molar-refractivity contribution in [3.05, 3.63) is 66.6 Å². The molecular weight excluding hydrogens is 317 g/mol. The van der Waals surface area contributed by atoms with Crippen molar-refractivity contribution in [2.45, 2.75) is 6.18 Å².